The molecule has 0 aromatic carbocycles. The van der Waals surface area contributed by atoms with Crippen molar-refractivity contribution in [3.63, 3.8) is 0 Å². The summed E-state index contributed by atoms with van der Waals surface area (Å²) in [6.45, 7) is 4.92. The van der Waals surface area contributed by atoms with Gasteiger partial charge in [0.25, 0.3) is 0 Å². The van der Waals surface area contributed by atoms with Crippen LogP contribution in [0.1, 0.15) is 39.5 Å². The van der Waals surface area contributed by atoms with Gasteiger partial charge in [0, 0.05) is 5.33 Å². The lowest BCUT2D eigenvalue weighted by Crippen LogP contribution is -2.27. The quantitative estimate of drug-likeness (QED) is 0.601. The molecule has 0 nitrogen and oxygen atoms in total. The van der Waals surface area contributed by atoms with Crippen LogP contribution in [0.4, 0.5) is 0 Å². The summed E-state index contributed by atoms with van der Waals surface area (Å²) in [7, 11) is 0. The average Bonchev–Trinajstić information content (AvgIpc) is 2.76. The van der Waals surface area contributed by atoms with E-state index in [4.69, 9.17) is 0 Å². The Balaban J connectivity index is 2.06. The number of halogens is 1. The van der Waals surface area contributed by atoms with Crippen LogP contribution in [0.15, 0.2) is 0 Å². The molecule has 2 aliphatic carbocycles. The lowest BCUT2D eigenvalue weighted by atomic mass is 9.70. The fraction of sp³-hybridized carbons (Fsp3) is 1.00. The Morgan fingerprint density at radius 1 is 1.42 bits per heavy atom. The van der Waals surface area contributed by atoms with Gasteiger partial charge in [-0.25, -0.2) is 0 Å². The highest BCUT2D eigenvalue weighted by molar-refractivity contribution is 9.09. The van der Waals surface area contributed by atoms with E-state index in [1.807, 2.05) is 0 Å². The monoisotopic (exact) mass is 230 g/mol. The summed E-state index contributed by atoms with van der Waals surface area (Å²) < 4.78 is 0. The normalized spacial score (nSPS) is 52.8. The van der Waals surface area contributed by atoms with E-state index in [2.05, 4.69) is 29.8 Å². The van der Waals surface area contributed by atoms with Crippen molar-refractivity contribution < 1.29 is 0 Å². The molecule has 0 aromatic heterocycles. The smallest absolute Gasteiger partial charge is 0.00652 e. The Kier molecular flexibility index (Phi) is 2.27. The fourth-order valence-corrected chi connectivity index (χ4v) is 4.14. The Morgan fingerprint density at radius 3 is 2.75 bits per heavy atom. The predicted octanol–water partition coefficient (Wildman–Crippen LogP) is 3.84. The summed E-state index contributed by atoms with van der Waals surface area (Å²) in [4.78, 5) is 0. The van der Waals surface area contributed by atoms with Gasteiger partial charge in [0.15, 0.2) is 0 Å². The third-order valence-electron chi connectivity index (χ3n) is 4.53. The average molecular weight is 231 g/mol. The van der Waals surface area contributed by atoms with Gasteiger partial charge < -0.3 is 0 Å². The van der Waals surface area contributed by atoms with Gasteiger partial charge in [-0.05, 0) is 36.0 Å². The summed E-state index contributed by atoms with van der Waals surface area (Å²) in [5.41, 5.74) is 0.779. The van der Waals surface area contributed by atoms with Crippen LogP contribution >= 0.6 is 15.9 Å². The molecule has 0 radical (unpaired) electrons. The van der Waals surface area contributed by atoms with Crippen molar-refractivity contribution >= 4 is 15.9 Å². The van der Waals surface area contributed by atoms with E-state index >= 15 is 0 Å². The van der Waals surface area contributed by atoms with E-state index in [9.17, 15) is 0 Å². The molecule has 2 rings (SSSR count). The van der Waals surface area contributed by atoms with Gasteiger partial charge >= 0.3 is 0 Å². The molecule has 0 aromatic rings. The van der Waals surface area contributed by atoms with Gasteiger partial charge in [-0.1, -0.05) is 42.6 Å². The highest BCUT2D eigenvalue weighted by Gasteiger charge is 2.58. The Labute approximate surface area is 84.2 Å². The summed E-state index contributed by atoms with van der Waals surface area (Å²) in [5, 5.41) is 1.24. The largest absolute Gasteiger partial charge is 0.0925 e. The summed E-state index contributed by atoms with van der Waals surface area (Å²) in [6.07, 6.45) is 5.96. The maximum atomic E-state index is 3.63. The van der Waals surface area contributed by atoms with E-state index in [1.54, 1.807) is 0 Å². The molecule has 2 saturated carbocycles. The minimum Gasteiger partial charge on any atom is -0.0925 e. The maximum Gasteiger partial charge on any atom is 0.00652 e. The van der Waals surface area contributed by atoms with Gasteiger partial charge in [0.2, 0.25) is 0 Å². The van der Waals surface area contributed by atoms with Gasteiger partial charge in [0.05, 0.1) is 0 Å². The number of alkyl halides is 1. The lowest BCUT2D eigenvalue weighted by molar-refractivity contribution is 0.149. The fourth-order valence-electron chi connectivity index (χ4n) is 3.27. The first kappa shape index (κ1) is 9.05. The van der Waals surface area contributed by atoms with E-state index in [1.165, 1.54) is 31.0 Å². The zero-order chi connectivity index (χ0) is 8.77. The Bertz CT molecular complexity index is 178. The first-order valence-corrected chi connectivity index (χ1v) is 6.39. The lowest BCUT2D eigenvalue weighted by Gasteiger charge is -2.35. The molecule has 2 aliphatic rings. The molecule has 2 fully saturated rings. The number of hydrogen-bond donors (Lipinski definition) is 0. The van der Waals surface area contributed by atoms with E-state index in [-0.39, 0.29) is 0 Å². The molecule has 70 valence electrons. The van der Waals surface area contributed by atoms with Crippen molar-refractivity contribution in [2.45, 2.75) is 39.5 Å². The minimum absolute atomic E-state index is 0.779. The van der Waals surface area contributed by atoms with Crippen LogP contribution in [0, 0.1) is 23.2 Å². The van der Waals surface area contributed by atoms with Crippen molar-refractivity contribution in [3.8, 4) is 0 Å². The molecular formula is C11H19Br. The molecule has 0 aliphatic heterocycles. The van der Waals surface area contributed by atoms with Crippen molar-refractivity contribution in [2.24, 2.45) is 23.2 Å². The molecule has 4 unspecified atom stereocenters. The molecular weight excluding hydrogens is 212 g/mol. The van der Waals surface area contributed by atoms with Crippen LogP contribution in [0.3, 0.4) is 0 Å². The van der Waals surface area contributed by atoms with Crippen LogP contribution in [-0.2, 0) is 0 Å². The van der Waals surface area contributed by atoms with Crippen LogP contribution in [0.2, 0.25) is 0 Å². The van der Waals surface area contributed by atoms with E-state index in [0.717, 1.165) is 23.2 Å². The Hall–Kier alpha value is 0.480. The number of hydrogen-bond acceptors (Lipinski definition) is 0. The second-order valence-electron chi connectivity index (χ2n) is 4.95. The molecule has 12 heavy (non-hydrogen) atoms. The summed E-state index contributed by atoms with van der Waals surface area (Å²) in [6, 6.07) is 0. The maximum absolute atomic E-state index is 3.63. The zero-order valence-corrected chi connectivity index (χ0v) is 9.73. The van der Waals surface area contributed by atoms with Gasteiger partial charge in [-0.2, -0.15) is 0 Å². The zero-order valence-electron chi connectivity index (χ0n) is 8.15. The van der Waals surface area contributed by atoms with Crippen molar-refractivity contribution in [3.05, 3.63) is 0 Å². The van der Waals surface area contributed by atoms with Crippen LogP contribution in [-0.4, -0.2) is 5.33 Å². The van der Waals surface area contributed by atoms with Gasteiger partial charge in [0.1, 0.15) is 0 Å². The second-order valence-corrected chi connectivity index (χ2v) is 5.59. The summed E-state index contributed by atoms with van der Waals surface area (Å²) >= 11 is 3.63. The predicted molar refractivity (Wildman–Crippen MR) is 56.5 cm³/mol. The standard InChI is InChI=1S/C11H19Br/c1-8-4-3-5-11(9(8)2)6-10(11)7-12/h8-10H,3-7H2,1-2H3. The first-order valence-electron chi connectivity index (χ1n) is 5.26. The second kappa shape index (κ2) is 3.01. The van der Waals surface area contributed by atoms with Crippen molar-refractivity contribution in [1.29, 1.82) is 0 Å². The SMILES string of the molecule is CC1CCCC2(CC2CBr)C1C. The molecule has 0 N–H and O–H groups in total. The van der Waals surface area contributed by atoms with Crippen LogP contribution < -0.4 is 0 Å². The molecule has 1 spiro atoms. The highest BCUT2D eigenvalue weighted by Crippen LogP contribution is 2.65. The minimum atomic E-state index is 0.779. The number of rotatable bonds is 1. The molecule has 0 bridgehead atoms. The first-order chi connectivity index (χ1) is 5.70. The van der Waals surface area contributed by atoms with Crippen molar-refractivity contribution in [1.82, 2.24) is 0 Å². The molecule has 0 amide bonds. The van der Waals surface area contributed by atoms with E-state index < -0.39 is 0 Å². The molecule has 4 atom stereocenters. The van der Waals surface area contributed by atoms with E-state index in [0.29, 0.717) is 0 Å². The molecule has 1 heteroatoms. The third kappa shape index (κ3) is 1.16. The summed E-state index contributed by atoms with van der Waals surface area (Å²) in [5.74, 6) is 2.96. The molecule has 0 heterocycles. The Morgan fingerprint density at radius 2 is 2.17 bits per heavy atom. The topological polar surface area (TPSA) is 0 Å². The molecule has 0 saturated heterocycles. The van der Waals surface area contributed by atoms with Crippen molar-refractivity contribution in [2.75, 3.05) is 5.33 Å². The third-order valence-corrected chi connectivity index (χ3v) is 5.31. The van der Waals surface area contributed by atoms with Gasteiger partial charge in [-0.3, -0.25) is 0 Å². The van der Waals surface area contributed by atoms with Crippen LogP contribution in [0.25, 0.3) is 0 Å². The highest BCUT2D eigenvalue weighted by atomic mass is 79.9. The van der Waals surface area contributed by atoms with Gasteiger partial charge in [-0.15, -0.1) is 0 Å². The van der Waals surface area contributed by atoms with Crippen LogP contribution in [0.5, 0.6) is 0 Å².